The summed E-state index contributed by atoms with van der Waals surface area (Å²) in [6.07, 6.45) is 2.77. The minimum Gasteiger partial charge on any atom is -0.360 e. The molecule has 4 nitrogen and oxygen atoms in total. The number of amides is 1. The molecular weight excluding hydrogens is 250 g/mol. The number of benzene rings is 1. The standard InChI is InChI=1S/C16H23N3O/c1-4-19(5-2)16(20)14-8-6-7-13-12(9-11(3)17)10-18-15(13)14/h6-8,10-11,18H,4-5,9,17H2,1-3H3. The molecule has 0 bridgehead atoms. The molecule has 0 fully saturated rings. The highest BCUT2D eigenvalue weighted by Crippen LogP contribution is 2.23. The van der Waals surface area contributed by atoms with Crippen molar-refractivity contribution in [3.05, 3.63) is 35.5 Å². The molecule has 0 spiro atoms. The number of nitrogens with one attached hydrogen (secondary N) is 1. The van der Waals surface area contributed by atoms with Gasteiger partial charge in [-0.05, 0) is 38.8 Å². The number of para-hydroxylation sites is 1. The third kappa shape index (κ3) is 2.70. The average molecular weight is 273 g/mol. The zero-order chi connectivity index (χ0) is 14.7. The summed E-state index contributed by atoms with van der Waals surface area (Å²) in [5, 5.41) is 1.10. The molecule has 0 aliphatic carbocycles. The second-order valence-corrected chi connectivity index (χ2v) is 5.20. The number of carbonyl (C=O) groups excluding carboxylic acids is 1. The van der Waals surface area contributed by atoms with Crippen LogP contribution in [0.15, 0.2) is 24.4 Å². The van der Waals surface area contributed by atoms with Crippen LogP contribution >= 0.6 is 0 Å². The molecule has 0 aliphatic heterocycles. The van der Waals surface area contributed by atoms with Crippen molar-refractivity contribution >= 4 is 16.8 Å². The molecule has 1 aromatic carbocycles. The number of nitrogens with two attached hydrogens (primary N) is 1. The maximum atomic E-state index is 12.5. The van der Waals surface area contributed by atoms with E-state index in [0.717, 1.165) is 36.0 Å². The van der Waals surface area contributed by atoms with Crippen LogP contribution in [0.1, 0.15) is 36.7 Å². The van der Waals surface area contributed by atoms with Gasteiger partial charge in [-0.2, -0.15) is 0 Å². The van der Waals surface area contributed by atoms with Gasteiger partial charge in [-0.25, -0.2) is 0 Å². The number of hydrogen-bond acceptors (Lipinski definition) is 2. The molecule has 2 rings (SSSR count). The highest BCUT2D eigenvalue weighted by Gasteiger charge is 2.17. The molecule has 0 aliphatic rings. The van der Waals surface area contributed by atoms with Gasteiger partial charge in [0, 0.05) is 30.7 Å². The SMILES string of the molecule is CCN(CC)C(=O)c1cccc2c(CC(C)N)c[nH]c12. The van der Waals surface area contributed by atoms with Crippen LogP contribution in [0, 0.1) is 0 Å². The Balaban J connectivity index is 2.45. The number of aromatic nitrogens is 1. The number of rotatable bonds is 5. The Kier molecular flexibility index (Phi) is 4.45. The smallest absolute Gasteiger partial charge is 0.255 e. The van der Waals surface area contributed by atoms with Crippen molar-refractivity contribution in [2.75, 3.05) is 13.1 Å². The van der Waals surface area contributed by atoms with Gasteiger partial charge in [0.05, 0.1) is 11.1 Å². The molecule has 0 radical (unpaired) electrons. The van der Waals surface area contributed by atoms with E-state index in [1.165, 1.54) is 5.56 Å². The lowest BCUT2D eigenvalue weighted by atomic mass is 10.0. The number of aromatic amines is 1. The highest BCUT2D eigenvalue weighted by atomic mass is 16.2. The monoisotopic (exact) mass is 273 g/mol. The molecule has 1 aromatic heterocycles. The number of fused-ring (bicyclic) bond motifs is 1. The van der Waals surface area contributed by atoms with E-state index >= 15 is 0 Å². The van der Waals surface area contributed by atoms with Crippen LogP contribution in [-0.4, -0.2) is 34.9 Å². The van der Waals surface area contributed by atoms with Gasteiger partial charge < -0.3 is 15.6 Å². The molecule has 0 saturated heterocycles. The fourth-order valence-corrected chi connectivity index (χ4v) is 2.59. The van der Waals surface area contributed by atoms with Crippen molar-refractivity contribution < 1.29 is 4.79 Å². The Morgan fingerprint density at radius 2 is 2.05 bits per heavy atom. The summed E-state index contributed by atoms with van der Waals surface area (Å²) in [7, 11) is 0. The Labute approximate surface area is 120 Å². The van der Waals surface area contributed by atoms with Gasteiger partial charge in [-0.15, -0.1) is 0 Å². The van der Waals surface area contributed by atoms with Crippen LogP contribution in [0.5, 0.6) is 0 Å². The summed E-state index contributed by atoms with van der Waals surface area (Å²) in [5.74, 6) is 0.0785. The second-order valence-electron chi connectivity index (χ2n) is 5.20. The number of hydrogen-bond donors (Lipinski definition) is 2. The quantitative estimate of drug-likeness (QED) is 0.879. The van der Waals surface area contributed by atoms with Crippen molar-refractivity contribution in [3.8, 4) is 0 Å². The third-order valence-corrected chi connectivity index (χ3v) is 3.62. The Bertz CT molecular complexity index is 597. The van der Waals surface area contributed by atoms with Crippen LogP contribution < -0.4 is 5.73 Å². The summed E-state index contributed by atoms with van der Waals surface area (Å²) >= 11 is 0. The Morgan fingerprint density at radius 3 is 2.65 bits per heavy atom. The van der Waals surface area contributed by atoms with Crippen molar-refractivity contribution in [2.24, 2.45) is 5.73 Å². The van der Waals surface area contributed by atoms with E-state index in [0.29, 0.717) is 0 Å². The molecule has 1 atom stereocenters. The number of nitrogens with zero attached hydrogens (tertiary/aromatic N) is 1. The van der Waals surface area contributed by atoms with Gasteiger partial charge >= 0.3 is 0 Å². The predicted octanol–water partition coefficient (Wildman–Crippen LogP) is 2.54. The summed E-state index contributed by atoms with van der Waals surface area (Å²) in [5.41, 5.74) is 8.70. The van der Waals surface area contributed by atoms with E-state index < -0.39 is 0 Å². The van der Waals surface area contributed by atoms with E-state index in [-0.39, 0.29) is 11.9 Å². The van der Waals surface area contributed by atoms with Gasteiger partial charge in [-0.1, -0.05) is 12.1 Å². The van der Waals surface area contributed by atoms with Crippen molar-refractivity contribution in [1.82, 2.24) is 9.88 Å². The maximum absolute atomic E-state index is 12.5. The lowest BCUT2D eigenvalue weighted by Crippen LogP contribution is -2.30. The van der Waals surface area contributed by atoms with Crippen molar-refractivity contribution in [1.29, 1.82) is 0 Å². The Hall–Kier alpha value is -1.81. The van der Waals surface area contributed by atoms with Crippen LogP contribution in [-0.2, 0) is 6.42 Å². The fraction of sp³-hybridized carbons (Fsp3) is 0.438. The molecule has 2 aromatic rings. The largest absolute Gasteiger partial charge is 0.360 e. The normalized spacial score (nSPS) is 12.6. The van der Waals surface area contributed by atoms with E-state index in [1.54, 1.807) is 0 Å². The van der Waals surface area contributed by atoms with Gasteiger partial charge in [0.1, 0.15) is 0 Å². The molecule has 1 amide bonds. The van der Waals surface area contributed by atoms with E-state index in [9.17, 15) is 4.79 Å². The highest BCUT2D eigenvalue weighted by molar-refractivity contribution is 6.06. The number of H-pyrrole nitrogens is 1. The minimum atomic E-state index is 0.0785. The van der Waals surface area contributed by atoms with Crippen LogP contribution in [0.4, 0.5) is 0 Å². The minimum absolute atomic E-state index is 0.0785. The molecule has 3 N–H and O–H groups in total. The van der Waals surface area contributed by atoms with Crippen molar-refractivity contribution in [3.63, 3.8) is 0 Å². The lowest BCUT2D eigenvalue weighted by molar-refractivity contribution is 0.0775. The first-order valence-electron chi connectivity index (χ1n) is 7.22. The van der Waals surface area contributed by atoms with E-state index in [1.807, 2.05) is 50.1 Å². The summed E-state index contributed by atoms with van der Waals surface area (Å²) < 4.78 is 0. The molecule has 1 unspecified atom stereocenters. The van der Waals surface area contributed by atoms with Crippen molar-refractivity contribution in [2.45, 2.75) is 33.2 Å². The van der Waals surface area contributed by atoms with Gasteiger partial charge in [0.2, 0.25) is 0 Å². The Morgan fingerprint density at radius 1 is 1.35 bits per heavy atom. The zero-order valence-corrected chi connectivity index (χ0v) is 12.4. The molecule has 0 saturated carbocycles. The maximum Gasteiger partial charge on any atom is 0.255 e. The first-order valence-corrected chi connectivity index (χ1v) is 7.22. The molecule has 4 heteroatoms. The molecule has 1 heterocycles. The van der Waals surface area contributed by atoms with Gasteiger partial charge in [0.15, 0.2) is 0 Å². The molecular formula is C16H23N3O. The average Bonchev–Trinajstić information content (AvgIpc) is 2.82. The number of carbonyl (C=O) groups is 1. The van der Waals surface area contributed by atoms with Crippen LogP contribution in [0.25, 0.3) is 10.9 Å². The van der Waals surface area contributed by atoms with Gasteiger partial charge in [0.25, 0.3) is 5.91 Å². The van der Waals surface area contributed by atoms with E-state index in [2.05, 4.69) is 4.98 Å². The van der Waals surface area contributed by atoms with Crippen LogP contribution in [0.2, 0.25) is 0 Å². The zero-order valence-electron chi connectivity index (χ0n) is 12.4. The molecule has 108 valence electrons. The fourth-order valence-electron chi connectivity index (χ4n) is 2.59. The topological polar surface area (TPSA) is 62.1 Å². The molecule has 20 heavy (non-hydrogen) atoms. The van der Waals surface area contributed by atoms with Gasteiger partial charge in [-0.3, -0.25) is 4.79 Å². The third-order valence-electron chi connectivity index (χ3n) is 3.62. The summed E-state index contributed by atoms with van der Waals surface area (Å²) in [6, 6.07) is 5.98. The summed E-state index contributed by atoms with van der Waals surface area (Å²) in [4.78, 5) is 17.6. The second kappa shape index (κ2) is 6.09. The lowest BCUT2D eigenvalue weighted by Gasteiger charge is -2.19. The first kappa shape index (κ1) is 14.6. The van der Waals surface area contributed by atoms with E-state index in [4.69, 9.17) is 5.73 Å². The predicted molar refractivity (Wildman–Crippen MR) is 82.9 cm³/mol. The first-order chi connectivity index (χ1) is 9.58. The summed E-state index contributed by atoms with van der Waals surface area (Å²) in [6.45, 7) is 7.43. The van der Waals surface area contributed by atoms with Crippen LogP contribution in [0.3, 0.4) is 0 Å².